The quantitative estimate of drug-likeness (QED) is 0.393. The second-order valence-corrected chi connectivity index (χ2v) is 8.14. The third kappa shape index (κ3) is 5.94. The van der Waals surface area contributed by atoms with Crippen molar-refractivity contribution in [3.8, 4) is 5.75 Å². The lowest BCUT2D eigenvalue weighted by atomic mass is 10.1. The summed E-state index contributed by atoms with van der Waals surface area (Å²) in [5.41, 5.74) is 0.199. The first-order valence-electron chi connectivity index (χ1n) is 10.6. The smallest absolute Gasteiger partial charge is 0.301 e. The van der Waals surface area contributed by atoms with Crippen LogP contribution in [0.4, 0.5) is 5.95 Å². The number of rotatable bonds is 11. The first-order chi connectivity index (χ1) is 15.0. The maximum absolute atomic E-state index is 12.9. The van der Waals surface area contributed by atoms with Crippen LogP contribution in [0.2, 0.25) is 0 Å². The summed E-state index contributed by atoms with van der Waals surface area (Å²) in [7, 11) is 1.61. The minimum atomic E-state index is -0.548. The van der Waals surface area contributed by atoms with Gasteiger partial charge in [-0.1, -0.05) is 51.2 Å². The van der Waals surface area contributed by atoms with Gasteiger partial charge in [-0.2, -0.15) is 4.98 Å². The number of fused-ring (bicyclic) bond motifs is 1. The number of imidazole rings is 1. The Morgan fingerprint density at radius 3 is 2.48 bits per heavy atom. The van der Waals surface area contributed by atoms with E-state index in [0.29, 0.717) is 17.8 Å². The number of halogens is 1. The van der Waals surface area contributed by atoms with Gasteiger partial charge in [0.15, 0.2) is 10.3 Å². The molecule has 0 saturated carbocycles. The molecule has 0 atom stereocenters. The first kappa shape index (κ1) is 23.0. The number of nitrogens with zero attached hydrogens (tertiary/aromatic N) is 3. The highest BCUT2D eigenvalue weighted by Gasteiger charge is 2.16. The minimum absolute atomic E-state index is 0.0363. The van der Waals surface area contributed by atoms with Gasteiger partial charge in [-0.3, -0.25) is 14.6 Å². The normalized spacial score (nSPS) is 11.1. The molecule has 0 bridgehead atoms. The third-order valence-electron chi connectivity index (χ3n) is 5.11. The molecule has 0 unspecified atom stereocenters. The average Bonchev–Trinajstić information content (AvgIpc) is 3.03. The van der Waals surface area contributed by atoms with Crippen molar-refractivity contribution in [1.82, 2.24) is 19.5 Å². The monoisotopic (exact) mass is 489 g/mol. The van der Waals surface area contributed by atoms with Crippen LogP contribution in [0.25, 0.3) is 11.0 Å². The molecule has 3 aromatic rings. The molecule has 0 spiro atoms. The lowest BCUT2D eigenvalue weighted by molar-refractivity contribution is 0.414. The van der Waals surface area contributed by atoms with Gasteiger partial charge in [0.05, 0.1) is 13.7 Å². The summed E-state index contributed by atoms with van der Waals surface area (Å²) in [6, 6.07) is 7.49. The fraction of sp³-hybridized carbons (Fsp3) is 0.455. The van der Waals surface area contributed by atoms with Crippen LogP contribution in [0.1, 0.15) is 51.0 Å². The zero-order valence-electron chi connectivity index (χ0n) is 17.9. The zero-order chi connectivity index (χ0) is 22.2. The Hall–Kier alpha value is -2.68. The number of unbranched alkanes of at least 4 members (excludes halogenated alkanes) is 5. The maximum Gasteiger partial charge on any atom is 0.301 e. The number of methoxy groups -OCH3 is 1. The number of aromatic amines is 1. The van der Waals surface area contributed by atoms with E-state index in [1.807, 2.05) is 24.3 Å². The van der Waals surface area contributed by atoms with Crippen molar-refractivity contribution in [2.45, 2.75) is 52.0 Å². The molecule has 0 aliphatic heterocycles. The number of benzene rings is 1. The maximum atomic E-state index is 12.9. The fourth-order valence-corrected chi connectivity index (χ4v) is 3.89. The van der Waals surface area contributed by atoms with Crippen molar-refractivity contribution in [3.05, 3.63) is 55.3 Å². The Morgan fingerprint density at radius 1 is 1.06 bits per heavy atom. The van der Waals surface area contributed by atoms with Gasteiger partial charge >= 0.3 is 5.56 Å². The highest BCUT2D eigenvalue weighted by atomic mass is 79.9. The third-order valence-corrected chi connectivity index (χ3v) is 5.71. The van der Waals surface area contributed by atoms with Gasteiger partial charge in [0, 0.05) is 6.54 Å². The minimum Gasteiger partial charge on any atom is -0.497 e. The second-order valence-electron chi connectivity index (χ2n) is 7.43. The van der Waals surface area contributed by atoms with Gasteiger partial charge in [-0.05, 0) is 40.0 Å². The molecule has 2 N–H and O–H groups in total. The van der Waals surface area contributed by atoms with Crippen molar-refractivity contribution in [2.75, 3.05) is 19.0 Å². The van der Waals surface area contributed by atoms with Crippen LogP contribution in [0.15, 0.2) is 38.6 Å². The molecule has 0 saturated heterocycles. The van der Waals surface area contributed by atoms with Crippen molar-refractivity contribution in [2.24, 2.45) is 0 Å². The summed E-state index contributed by atoms with van der Waals surface area (Å²) >= 11 is 3.37. The Kier molecular flexibility index (Phi) is 8.22. The van der Waals surface area contributed by atoms with Crippen LogP contribution in [0.5, 0.6) is 5.75 Å². The summed E-state index contributed by atoms with van der Waals surface area (Å²) < 4.78 is 7.25. The van der Waals surface area contributed by atoms with E-state index in [2.05, 4.69) is 43.1 Å². The molecule has 0 aliphatic carbocycles. The van der Waals surface area contributed by atoms with E-state index in [9.17, 15) is 9.59 Å². The van der Waals surface area contributed by atoms with E-state index in [1.54, 1.807) is 11.7 Å². The summed E-state index contributed by atoms with van der Waals surface area (Å²) in [5, 5.41) is 3.07. The fourth-order valence-electron chi connectivity index (χ4n) is 3.41. The van der Waals surface area contributed by atoms with Gasteiger partial charge in [-0.15, -0.1) is 0 Å². The number of H-pyrrole nitrogens is 1. The molecule has 9 heteroatoms. The molecule has 166 valence electrons. The Labute approximate surface area is 189 Å². The zero-order valence-corrected chi connectivity index (χ0v) is 19.5. The lowest BCUT2D eigenvalue weighted by Crippen LogP contribution is -2.13. The Balaban J connectivity index is 1.81. The highest BCUT2D eigenvalue weighted by Crippen LogP contribution is 2.19. The highest BCUT2D eigenvalue weighted by molar-refractivity contribution is 9.10. The number of nitrogens with one attached hydrogen (secondary N) is 2. The molecule has 3 rings (SSSR count). The second kappa shape index (κ2) is 11.1. The number of anilines is 1. The molecule has 2 heterocycles. The van der Waals surface area contributed by atoms with Crippen LogP contribution in [0.3, 0.4) is 0 Å². The Bertz CT molecular complexity index is 1120. The molecule has 0 fully saturated rings. The SMILES string of the molecule is CCCCCCCCNc1nc(=O)c2nc(Br)n(Cc3ccc(OC)cc3)c2c(=O)[nH]1. The van der Waals surface area contributed by atoms with Crippen LogP contribution < -0.4 is 21.2 Å². The van der Waals surface area contributed by atoms with Crippen LogP contribution >= 0.6 is 15.9 Å². The van der Waals surface area contributed by atoms with Crippen molar-refractivity contribution >= 4 is 32.9 Å². The summed E-state index contributed by atoms with van der Waals surface area (Å²) in [5.74, 6) is 0.920. The number of hydrogen-bond acceptors (Lipinski definition) is 6. The van der Waals surface area contributed by atoms with E-state index in [0.717, 1.165) is 24.2 Å². The van der Waals surface area contributed by atoms with E-state index >= 15 is 0 Å². The molecule has 1 aromatic carbocycles. The number of ether oxygens (including phenoxy) is 1. The van der Waals surface area contributed by atoms with Crippen LogP contribution in [0, 0.1) is 0 Å². The summed E-state index contributed by atoms with van der Waals surface area (Å²) in [6.07, 6.45) is 6.95. The van der Waals surface area contributed by atoms with Gasteiger partial charge in [-0.25, -0.2) is 4.98 Å². The number of aromatic nitrogens is 4. The van der Waals surface area contributed by atoms with Crippen molar-refractivity contribution in [1.29, 1.82) is 0 Å². The Morgan fingerprint density at radius 2 is 1.77 bits per heavy atom. The molecule has 0 radical (unpaired) electrons. The van der Waals surface area contributed by atoms with Gasteiger partial charge in [0.25, 0.3) is 5.56 Å². The summed E-state index contributed by atoms with van der Waals surface area (Å²) in [4.78, 5) is 36.5. The predicted octanol–water partition coefficient (Wildman–Crippen LogP) is 4.07. The standard InChI is InChI=1S/C22H28BrN5O3/c1-3-4-5-6-7-8-13-24-22-26-19(29)17-18(20(30)27-22)28(21(23)25-17)14-15-9-11-16(31-2)12-10-15/h9-12H,3-8,13-14H2,1-2H3,(H2,24,26,27,29,30). The van der Waals surface area contributed by atoms with E-state index < -0.39 is 11.1 Å². The molecule has 8 nitrogen and oxygen atoms in total. The molecular formula is C22H28BrN5O3. The van der Waals surface area contributed by atoms with E-state index in [-0.39, 0.29) is 17.0 Å². The lowest BCUT2D eigenvalue weighted by Gasteiger charge is -2.06. The molecule has 31 heavy (non-hydrogen) atoms. The first-order valence-corrected chi connectivity index (χ1v) is 11.4. The molecule has 0 aliphatic rings. The van der Waals surface area contributed by atoms with Crippen molar-refractivity contribution < 1.29 is 4.74 Å². The molecular weight excluding hydrogens is 462 g/mol. The number of hydrogen-bond donors (Lipinski definition) is 2. The van der Waals surface area contributed by atoms with E-state index in [4.69, 9.17) is 4.74 Å². The van der Waals surface area contributed by atoms with Gasteiger partial charge < -0.3 is 14.6 Å². The van der Waals surface area contributed by atoms with Gasteiger partial charge in [0.1, 0.15) is 11.3 Å². The summed E-state index contributed by atoms with van der Waals surface area (Å²) in [6.45, 7) is 3.21. The largest absolute Gasteiger partial charge is 0.497 e. The average molecular weight is 490 g/mol. The van der Waals surface area contributed by atoms with Crippen LogP contribution in [-0.4, -0.2) is 33.2 Å². The van der Waals surface area contributed by atoms with Crippen LogP contribution in [-0.2, 0) is 6.54 Å². The molecule has 2 aromatic heterocycles. The van der Waals surface area contributed by atoms with Crippen molar-refractivity contribution in [3.63, 3.8) is 0 Å². The van der Waals surface area contributed by atoms with Gasteiger partial charge in [0.2, 0.25) is 5.95 Å². The topological polar surface area (TPSA) is 102 Å². The molecule has 0 amide bonds. The van der Waals surface area contributed by atoms with E-state index in [1.165, 1.54) is 25.7 Å². The predicted molar refractivity (Wildman–Crippen MR) is 126 cm³/mol.